The van der Waals surface area contributed by atoms with E-state index in [1.807, 2.05) is 4.90 Å². The number of aryl methyl sites for hydroxylation is 1. The van der Waals surface area contributed by atoms with Gasteiger partial charge in [0.1, 0.15) is 17.3 Å². The topological polar surface area (TPSA) is 67.2 Å². The maximum atomic E-state index is 12.8. The highest BCUT2D eigenvalue weighted by molar-refractivity contribution is 5.95. The average molecular weight is 366 g/mol. The summed E-state index contributed by atoms with van der Waals surface area (Å²) in [5.74, 6) is 1.57. The minimum Gasteiger partial charge on any atom is -0.314 e. The summed E-state index contributed by atoms with van der Waals surface area (Å²) >= 11 is 0. The second kappa shape index (κ2) is 6.35. The van der Waals surface area contributed by atoms with Crippen LogP contribution in [0, 0.1) is 0 Å². The van der Waals surface area contributed by atoms with E-state index < -0.39 is 11.9 Å². The standard InChI is InChI=1S/C16H17F3N6O/c17-16(18,19)12-8-11(3-4-20-12)24-7-6-23(10-15(24)26)9-14-22-21-13-2-1-5-25(13)14/h3-4,8H,1-2,5-7,9-10H2. The molecule has 1 fully saturated rings. The lowest BCUT2D eigenvalue weighted by Gasteiger charge is -2.34. The highest BCUT2D eigenvalue weighted by Gasteiger charge is 2.34. The molecule has 0 saturated carbocycles. The van der Waals surface area contributed by atoms with Gasteiger partial charge in [-0.15, -0.1) is 10.2 Å². The fraction of sp³-hybridized carbons (Fsp3) is 0.500. The van der Waals surface area contributed by atoms with Crippen molar-refractivity contribution in [3.63, 3.8) is 0 Å². The molecule has 0 N–H and O–H groups in total. The summed E-state index contributed by atoms with van der Waals surface area (Å²) in [6.07, 6.45) is -1.48. The number of halogens is 3. The number of pyridine rings is 1. The van der Waals surface area contributed by atoms with Crippen LogP contribution in [0.5, 0.6) is 0 Å². The Balaban J connectivity index is 1.45. The van der Waals surface area contributed by atoms with Gasteiger partial charge in [-0.3, -0.25) is 14.7 Å². The van der Waals surface area contributed by atoms with Gasteiger partial charge in [-0.1, -0.05) is 0 Å². The zero-order valence-electron chi connectivity index (χ0n) is 13.9. The highest BCUT2D eigenvalue weighted by Crippen LogP contribution is 2.30. The summed E-state index contributed by atoms with van der Waals surface area (Å²) in [5.41, 5.74) is -0.774. The number of nitrogens with zero attached hydrogens (tertiary/aromatic N) is 6. The van der Waals surface area contributed by atoms with Crippen LogP contribution in [0.2, 0.25) is 0 Å². The molecule has 4 heterocycles. The molecule has 138 valence electrons. The van der Waals surface area contributed by atoms with E-state index in [-0.39, 0.29) is 18.1 Å². The third kappa shape index (κ3) is 3.16. The molecule has 0 aliphatic carbocycles. The fourth-order valence-electron chi connectivity index (χ4n) is 3.40. The first-order valence-electron chi connectivity index (χ1n) is 8.39. The lowest BCUT2D eigenvalue weighted by atomic mass is 10.2. The van der Waals surface area contributed by atoms with Gasteiger partial charge in [0.2, 0.25) is 5.91 Å². The van der Waals surface area contributed by atoms with Crippen LogP contribution in [0.25, 0.3) is 0 Å². The van der Waals surface area contributed by atoms with Crippen molar-refractivity contribution >= 4 is 11.6 Å². The van der Waals surface area contributed by atoms with Gasteiger partial charge in [0, 0.05) is 37.9 Å². The second-order valence-electron chi connectivity index (χ2n) is 6.44. The molecule has 2 aliphatic heterocycles. The first-order valence-corrected chi connectivity index (χ1v) is 8.39. The van der Waals surface area contributed by atoms with Crippen molar-refractivity contribution in [1.29, 1.82) is 0 Å². The number of piperazine rings is 1. The van der Waals surface area contributed by atoms with Gasteiger partial charge in [-0.2, -0.15) is 13.2 Å². The van der Waals surface area contributed by atoms with E-state index in [0.29, 0.717) is 19.6 Å². The molecular weight excluding hydrogens is 349 g/mol. The number of aromatic nitrogens is 4. The number of hydrogen-bond donors (Lipinski definition) is 0. The number of anilines is 1. The van der Waals surface area contributed by atoms with Crippen molar-refractivity contribution in [2.24, 2.45) is 0 Å². The minimum absolute atomic E-state index is 0.131. The van der Waals surface area contributed by atoms with Gasteiger partial charge in [-0.25, -0.2) is 0 Å². The van der Waals surface area contributed by atoms with E-state index >= 15 is 0 Å². The molecule has 2 aromatic rings. The normalized spacial score (nSPS) is 18.4. The molecule has 0 bridgehead atoms. The van der Waals surface area contributed by atoms with Crippen LogP contribution >= 0.6 is 0 Å². The zero-order chi connectivity index (χ0) is 18.3. The van der Waals surface area contributed by atoms with Gasteiger partial charge in [-0.05, 0) is 18.6 Å². The predicted molar refractivity (Wildman–Crippen MR) is 85.2 cm³/mol. The van der Waals surface area contributed by atoms with Crippen LogP contribution in [0.15, 0.2) is 18.3 Å². The summed E-state index contributed by atoms with van der Waals surface area (Å²) in [5, 5.41) is 8.34. The van der Waals surface area contributed by atoms with E-state index in [9.17, 15) is 18.0 Å². The second-order valence-corrected chi connectivity index (χ2v) is 6.44. The molecule has 0 spiro atoms. The zero-order valence-corrected chi connectivity index (χ0v) is 13.9. The molecule has 0 aromatic carbocycles. The van der Waals surface area contributed by atoms with Crippen molar-refractivity contribution in [2.45, 2.75) is 32.1 Å². The molecule has 1 saturated heterocycles. The molecule has 2 aromatic heterocycles. The number of carbonyl (C=O) groups is 1. The van der Waals surface area contributed by atoms with Crippen molar-refractivity contribution in [2.75, 3.05) is 24.5 Å². The van der Waals surface area contributed by atoms with Crippen LogP contribution in [0.1, 0.15) is 23.8 Å². The van der Waals surface area contributed by atoms with Crippen LogP contribution < -0.4 is 4.90 Å². The third-order valence-electron chi connectivity index (χ3n) is 4.70. The number of rotatable bonds is 3. The number of amides is 1. The maximum absolute atomic E-state index is 12.8. The Morgan fingerprint density at radius 2 is 2.00 bits per heavy atom. The summed E-state index contributed by atoms with van der Waals surface area (Å²) in [4.78, 5) is 19.1. The molecule has 7 nitrogen and oxygen atoms in total. The van der Waals surface area contributed by atoms with Gasteiger partial charge < -0.3 is 9.47 Å². The Morgan fingerprint density at radius 1 is 1.15 bits per heavy atom. The van der Waals surface area contributed by atoms with Crippen LogP contribution in [0.4, 0.5) is 18.9 Å². The predicted octanol–water partition coefficient (Wildman–Crippen LogP) is 1.49. The van der Waals surface area contributed by atoms with Crippen molar-refractivity contribution in [3.05, 3.63) is 35.7 Å². The largest absolute Gasteiger partial charge is 0.433 e. The Kier molecular flexibility index (Phi) is 4.14. The van der Waals surface area contributed by atoms with Crippen molar-refractivity contribution in [3.8, 4) is 0 Å². The molecule has 1 amide bonds. The summed E-state index contributed by atoms with van der Waals surface area (Å²) < 4.78 is 40.6. The molecular formula is C16H17F3N6O. The van der Waals surface area contributed by atoms with Crippen LogP contribution in [0.3, 0.4) is 0 Å². The molecule has 2 aliphatic rings. The molecule has 0 atom stereocenters. The van der Waals surface area contributed by atoms with Crippen molar-refractivity contribution < 1.29 is 18.0 Å². The van der Waals surface area contributed by atoms with Gasteiger partial charge in [0.25, 0.3) is 0 Å². The molecule has 26 heavy (non-hydrogen) atoms. The number of fused-ring (bicyclic) bond motifs is 1. The minimum atomic E-state index is -4.53. The van der Waals surface area contributed by atoms with Gasteiger partial charge >= 0.3 is 6.18 Å². The van der Waals surface area contributed by atoms with E-state index in [1.165, 1.54) is 11.0 Å². The van der Waals surface area contributed by atoms with E-state index in [1.54, 1.807) is 0 Å². The van der Waals surface area contributed by atoms with Crippen LogP contribution in [-0.2, 0) is 30.5 Å². The Hall–Kier alpha value is -2.49. The fourth-order valence-corrected chi connectivity index (χ4v) is 3.40. The average Bonchev–Trinajstić information content (AvgIpc) is 3.19. The SMILES string of the molecule is O=C1CN(Cc2nnc3n2CCC3)CCN1c1ccnc(C(F)(F)F)c1. The summed E-state index contributed by atoms with van der Waals surface area (Å²) in [6.45, 7) is 2.41. The monoisotopic (exact) mass is 366 g/mol. The van der Waals surface area contributed by atoms with E-state index in [0.717, 1.165) is 43.3 Å². The summed E-state index contributed by atoms with van der Waals surface area (Å²) in [6, 6.07) is 2.34. The lowest BCUT2D eigenvalue weighted by Crippen LogP contribution is -2.50. The third-order valence-corrected chi connectivity index (χ3v) is 4.70. The smallest absolute Gasteiger partial charge is 0.314 e. The number of carbonyl (C=O) groups excluding carboxylic acids is 1. The lowest BCUT2D eigenvalue weighted by molar-refractivity contribution is -0.141. The van der Waals surface area contributed by atoms with Gasteiger partial charge in [0.05, 0.1) is 13.1 Å². The molecule has 0 radical (unpaired) electrons. The Labute approximate surface area is 147 Å². The van der Waals surface area contributed by atoms with E-state index in [4.69, 9.17) is 0 Å². The first-order chi connectivity index (χ1) is 12.4. The molecule has 4 rings (SSSR count). The quantitative estimate of drug-likeness (QED) is 0.823. The highest BCUT2D eigenvalue weighted by atomic mass is 19.4. The molecule has 10 heteroatoms. The Morgan fingerprint density at radius 3 is 2.77 bits per heavy atom. The number of hydrogen-bond acceptors (Lipinski definition) is 5. The summed E-state index contributed by atoms with van der Waals surface area (Å²) in [7, 11) is 0. The molecule has 0 unspecified atom stereocenters. The van der Waals surface area contributed by atoms with Crippen molar-refractivity contribution in [1.82, 2.24) is 24.6 Å². The Bertz CT molecular complexity index is 834. The van der Waals surface area contributed by atoms with Gasteiger partial charge in [0.15, 0.2) is 0 Å². The number of alkyl halides is 3. The van der Waals surface area contributed by atoms with E-state index in [2.05, 4.69) is 19.7 Å². The maximum Gasteiger partial charge on any atom is 0.433 e. The first kappa shape index (κ1) is 17.0. The van der Waals surface area contributed by atoms with Crippen LogP contribution in [-0.4, -0.2) is 50.2 Å².